The highest BCUT2D eigenvalue weighted by atomic mass is 32.2. The number of terminal acetylenes is 1. The molecule has 0 aliphatic rings. The van der Waals surface area contributed by atoms with Crippen LogP contribution < -0.4 is 0 Å². The van der Waals surface area contributed by atoms with Crippen molar-refractivity contribution < 1.29 is 23.2 Å². The van der Waals surface area contributed by atoms with Crippen molar-refractivity contribution in [3.8, 4) is 12.3 Å². The van der Waals surface area contributed by atoms with Crippen molar-refractivity contribution >= 4 is 21.7 Å². The fourth-order valence-corrected chi connectivity index (χ4v) is 3.15. The number of nitro groups is 1. The largest absolute Gasteiger partial charge is 0.480 e. The highest BCUT2D eigenvalue weighted by Gasteiger charge is 2.28. The number of aliphatic carboxylic acids is 1. The predicted octanol–water partition coefficient (Wildman–Crippen LogP) is 0.612. The number of nitro benzene ring substituents is 1. The van der Waals surface area contributed by atoms with Crippen LogP contribution in [0, 0.1) is 29.4 Å². The average molecular weight is 312 g/mol. The van der Waals surface area contributed by atoms with E-state index in [9.17, 15) is 23.3 Å². The lowest BCUT2D eigenvalue weighted by molar-refractivity contribution is -0.385. The molecule has 0 fully saturated rings. The summed E-state index contributed by atoms with van der Waals surface area (Å²) in [6.07, 6.45) is 5.04. The van der Waals surface area contributed by atoms with Crippen LogP contribution in [-0.2, 0) is 14.8 Å². The molecule has 0 unspecified atom stereocenters. The first-order chi connectivity index (χ1) is 9.70. The van der Waals surface area contributed by atoms with Gasteiger partial charge in [-0.25, -0.2) is 8.42 Å². The number of sulfonamides is 1. The number of non-ortho nitro benzene ring substituents is 1. The van der Waals surface area contributed by atoms with Gasteiger partial charge in [0.25, 0.3) is 5.69 Å². The van der Waals surface area contributed by atoms with E-state index in [2.05, 4.69) is 5.92 Å². The first-order valence-electron chi connectivity index (χ1n) is 5.60. The highest BCUT2D eigenvalue weighted by Crippen LogP contribution is 2.24. The van der Waals surface area contributed by atoms with Crippen LogP contribution in [0.3, 0.4) is 0 Å². The molecule has 1 aromatic carbocycles. The Morgan fingerprint density at radius 1 is 1.52 bits per heavy atom. The summed E-state index contributed by atoms with van der Waals surface area (Å²) in [6.45, 7) is 0.177. The maximum Gasteiger partial charge on any atom is 0.318 e. The molecule has 0 heterocycles. The number of rotatable bonds is 6. The molecular weight excluding hydrogens is 300 g/mol. The van der Waals surface area contributed by atoms with Crippen LogP contribution in [0.15, 0.2) is 23.1 Å². The summed E-state index contributed by atoms with van der Waals surface area (Å²) in [4.78, 5) is 20.4. The first kappa shape index (κ1) is 16.6. The van der Waals surface area contributed by atoms with Crippen molar-refractivity contribution in [1.29, 1.82) is 0 Å². The Hall–Kier alpha value is -2.44. The van der Waals surface area contributed by atoms with Gasteiger partial charge in [0.05, 0.1) is 16.4 Å². The Morgan fingerprint density at radius 2 is 2.14 bits per heavy atom. The van der Waals surface area contributed by atoms with Gasteiger partial charge in [-0.2, -0.15) is 4.31 Å². The van der Waals surface area contributed by atoms with Gasteiger partial charge in [0.2, 0.25) is 10.0 Å². The molecule has 1 rings (SSSR count). The lowest BCUT2D eigenvalue weighted by Gasteiger charge is -2.18. The van der Waals surface area contributed by atoms with Gasteiger partial charge < -0.3 is 5.11 Å². The second-order valence-corrected chi connectivity index (χ2v) is 5.98. The molecule has 0 aromatic heterocycles. The zero-order chi connectivity index (χ0) is 16.2. The van der Waals surface area contributed by atoms with E-state index in [1.165, 1.54) is 13.0 Å². The van der Waals surface area contributed by atoms with Crippen molar-refractivity contribution in [2.45, 2.75) is 11.8 Å². The van der Waals surface area contributed by atoms with Crippen molar-refractivity contribution in [1.82, 2.24) is 4.31 Å². The van der Waals surface area contributed by atoms with Gasteiger partial charge in [-0.15, -0.1) is 6.42 Å². The fourth-order valence-electron chi connectivity index (χ4n) is 1.60. The van der Waals surface area contributed by atoms with Gasteiger partial charge in [-0.05, 0) is 12.5 Å². The molecule has 0 aliphatic carbocycles. The Bertz CT molecular complexity index is 720. The summed E-state index contributed by atoms with van der Waals surface area (Å²) in [6, 6.07) is 3.33. The molecule has 0 atom stereocenters. The SMILES string of the molecule is C#CCN(CC(=O)O)S(=O)(=O)c1cc([N+](=O)[O-])ccc1C. The second kappa shape index (κ2) is 6.34. The maximum atomic E-state index is 12.4. The van der Waals surface area contributed by atoms with Crippen LogP contribution in [0.5, 0.6) is 0 Å². The van der Waals surface area contributed by atoms with Crippen LogP contribution in [-0.4, -0.2) is 41.8 Å². The van der Waals surface area contributed by atoms with Crippen molar-refractivity contribution in [3.63, 3.8) is 0 Å². The molecule has 0 radical (unpaired) electrons. The molecule has 0 saturated carbocycles. The molecule has 0 amide bonds. The third kappa shape index (κ3) is 3.77. The van der Waals surface area contributed by atoms with Gasteiger partial charge in [0.1, 0.15) is 6.54 Å². The van der Waals surface area contributed by atoms with Gasteiger partial charge >= 0.3 is 5.97 Å². The highest BCUT2D eigenvalue weighted by molar-refractivity contribution is 7.89. The summed E-state index contributed by atoms with van der Waals surface area (Å²) >= 11 is 0. The minimum absolute atomic E-state index is 0.257. The fraction of sp³-hybridized carbons (Fsp3) is 0.250. The Balaban J connectivity index is 3.40. The summed E-state index contributed by atoms with van der Waals surface area (Å²) < 4.78 is 25.4. The molecule has 0 aliphatic heterocycles. The number of benzene rings is 1. The Kier molecular flexibility index (Phi) is 5.02. The van der Waals surface area contributed by atoms with E-state index in [4.69, 9.17) is 11.5 Å². The van der Waals surface area contributed by atoms with Crippen LogP contribution in [0.25, 0.3) is 0 Å². The molecule has 9 heteroatoms. The van der Waals surface area contributed by atoms with E-state index < -0.39 is 39.7 Å². The average Bonchev–Trinajstić information content (AvgIpc) is 2.37. The minimum atomic E-state index is -4.24. The number of carboxylic acid groups (broad SMARTS) is 1. The number of nitrogens with zero attached hydrogens (tertiary/aromatic N) is 2. The van der Waals surface area contributed by atoms with Gasteiger partial charge in [0, 0.05) is 12.1 Å². The Morgan fingerprint density at radius 3 is 2.62 bits per heavy atom. The summed E-state index contributed by atoms with van der Waals surface area (Å²) in [5, 5.41) is 19.5. The molecule has 1 aromatic rings. The van der Waals surface area contributed by atoms with E-state index in [0.717, 1.165) is 12.1 Å². The number of aryl methyl sites for hydroxylation is 1. The zero-order valence-corrected chi connectivity index (χ0v) is 11.8. The van der Waals surface area contributed by atoms with Crippen LogP contribution in [0.1, 0.15) is 5.56 Å². The van der Waals surface area contributed by atoms with Gasteiger partial charge in [-0.3, -0.25) is 14.9 Å². The maximum absolute atomic E-state index is 12.4. The minimum Gasteiger partial charge on any atom is -0.480 e. The molecule has 0 saturated heterocycles. The van der Waals surface area contributed by atoms with Crippen molar-refractivity contribution in [3.05, 3.63) is 33.9 Å². The van der Waals surface area contributed by atoms with Crippen LogP contribution >= 0.6 is 0 Å². The van der Waals surface area contributed by atoms with Crippen molar-refractivity contribution in [2.24, 2.45) is 0 Å². The molecule has 0 spiro atoms. The van der Waals surface area contributed by atoms with E-state index >= 15 is 0 Å². The monoisotopic (exact) mass is 312 g/mol. The molecule has 0 bridgehead atoms. The normalized spacial score (nSPS) is 11.1. The number of hydrogen-bond donors (Lipinski definition) is 1. The Labute approximate surface area is 121 Å². The first-order valence-corrected chi connectivity index (χ1v) is 7.04. The van der Waals surface area contributed by atoms with E-state index in [-0.39, 0.29) is 10.5 Å². The topological polar surface area (TPSA) is 118 Å². The van der Waals surface area contributed by atoms with Gasteiger partial charge in [-0.1, -0.05) is 12.0 Å². The summed E-state index contributed by atoms with van der Waals surface area (Å²) in [5.74, 6) is 0.678. The second-order valence-electron chi connectivity index (χ2n) is 4.08. The van der Waals surface area contributed by atoms with E-state index in [1.807, 2.05) is 0 Å². The van der Waals surface area contributed by atoms with Crippen molar-refractivity contribution in [2.75, 3.05) is 13.1 Å². The summed E-state index contributed by atoms with van der Waals surface area (Å²) in [7, 11) is -4.24. The molecular formula is C12H12N2O6S. The van der Waals surface area contributed by atoms with E-state index in [1.54, 1.807) is 0 Å². The number of carbonyl (C=O) groups is 1. The standard InChI is InChI=1S/C12H12N2O6S/c1-3-6-13(8-12(15)16)21(19,20)11-7-10(14(17)18)5-4-9(11)2/h1,4-5,7H,6,8H2,2H3,(H,15,16). The van der Waals surface area contributed by atoms with Crippen LogP contribution in [0.4, 0.5) is 5.69 Å². The lowest BCUT2D eigenvalue weighted by atomic mass is 10.2. The molecule has 21 heavy (non-hydrogen) atoms. The number of carboxylic acids is 1. The van der Waals surface area contributed by atoms with Crippen LogP contribution in [0.2, 0.25) is 0 Å². The lowest BCUT2D eigenvalue weighted by Crippen LogP contribution is -2.36. The van der Waals surface area contributed by atoms with Gasteiger partial charge in [0.15, 0.2) is 0 Å². The number of hydrogen-bond acceptors (Lipinski definition) is 5. The quantitative estimate of drug-likeness (QED) is 0.467. The predicted molar refractivity (Wildman–Crippen MR) is 73.1 cm³/mol. The molecule has 8 nitrogen and oxygen atoms in total. The third-order valence-corrected chi connectivity index (χ3v) is 4.51. The van der Waals surface area contributed by atoms with E-state index in [0.29, 0.717) is 4.31 Å². The molecule has 112 valence electrons. The third-order valence-electron chi connectivity index (χ3n) is 2.58. The smallest absolute Gasteiger partial charge is 0.318 e. The zero-order valence-electron chi connectivity index (χ0n) is 11.0. The molecule has 1 N–H and O–H groups in total. The summed E-state index contributed by atoms with van der Waals surface area (Å²) in [5.41, 5.74) is -0.150.